The summed E-state index contributed by atoms with van der Waals surface area (Å²) in [5, 5.41) is 16.8. The predicted octanol–water partition coefficient (Wildman–Crippen LogP) is 4.72. The number of ether oxygens (including phenoxy) is 1. The minimum atomic E-state index is -0.898. The number of anilines is 1. The Morgan fingerprint density at radius 2 is 2.18 bits per heavy atom. The number of carboxylic acid groups (broad SMARTS) is 1. The summed E-state index contributed by atoms with van der Waals surface area (Å²) in [6, 6.07) is 5.47. The Balaban J connectivity index is 1.83. The van der Waals surface area contributed by atoms with Crippen molar-refractivity contribution in [2.24, 2.45) is 7.05 Å². The number of carboxylic acids is 1. The van der Waals surface area contributed by atoms with E-state index in [-0.39, 0.29) is 0 Å². The molecule has 1 aliphatic carbocycles. The van der Waals surface area contributed by atoms with Crippen molar-refractivity contribution in [3.63, 3.8) is 0 Å². The molecule has 0 spiro atoms. The molecule has 1 saturated carbocycles. The van der Waals surface area contributed by atoms with Crippen molar-refractivity contribution in [2.75, 3.05) is 25.6 Å². The van der Waals surface area contributed by atoms with Gasteiger partial charge in [0.15, 0.2) is 5.13 Å². The van der Waals surface area contributed by atoms with Crippen molar-refractivity contribution in [2.45, 2.75) is 31.6 Å². The van der Waals surface area contributed by atoms with Gasteiger partial charge in [-0.1, -0.05) is 18.9 Å². The molecule has 1 aliphatic rings. The first-order valence-electron chi connectivity index (χ1n) is 9.64. The maximum atomic E-state index is 11.5. The summed E-state index contributed by atoms with van der Waals surface area (Å²) in [5.74, 6) is -0.397. The molecule has 1 fully saturated rings. The van der Waals surface area contributed by atoms with Crippen LogP contribution in [-0.4, -0.2) is 40.9 Å². The third kappa shape index (κ3) is 3.40. The van der Waals surface area contributed by atoms with Gasteiger partial charge in [0.05, 0.1) is 17.9 Å². The maximum Gasteiger partial charge on any atom is 0.335 e. The molecule has 4 rings (SSSR count). The summed E-state index contributed by atoms with van der Waals surface area (Å²) in [4.78, 5) is 16.3. The molecule has 0 atom stereocenters. The monoisotopic (exact) mass is 399 g/mol. The number of hydrogen-bond acceptors (Lipinski definition) is 5. The van der Waals surface area contributed by atoms with E-state index in [0.717, 1.165) is 34.0 Å². The number of rotatable bonds is 7. The van der Waals surface area contributed by atoms with E-state index >= 15 is 0 Å². The van der Waals surface area contributed by atoms with Crippen molar-refractivity contribution in [1.29, 1.82) is 0 Å². The quantitative estimate of drug-likeness (QED) is 0.563. The van der Waals surface area contributed by atoms with Gasteiger partial charge < -0.3 is 19.7 Å². The fourth-order valence-electron chi connectivity index (χ4n) is 4.26. The van der Waals surface area contributed by atoms with Crippen LogP contribution in [0.5, 0.6) is 0 Å². The molecule has 0 radical (unpaired) electrons. The van der Waals surface area contributed by atoms with Crippen molar-refractivity contribution in [3.05, 3.63) is 34.7 Å². The Bertz CT molecular complexity index is 1000. The first-order valence-corrected chi connectivity index (χ1v) is 10.5. The highest BCUT2D eigenvalue weighted by Gasteiger charge is 2.27. The number of hydrogen-bond donors (Lipinski definition) is 2. The van der Waals surface area contributed by atoms with Gasteiger partial charge in [0, 0.05) is 37.0 Å². The van der Waals surface area contributed by atoms with Crippen LogP contribution in [0.4, 0.5) is 5.13 Å². The molecule has 2 N–H and O–H groups in total. The Morgan fingerprint density at radius 1 is 1.39 bits per heavy atom. The number of methoxy groups -OCH3 is 1. The summed E-state index contributed by atoms with van der Waals surface area (Å²) in [5.41, 5.74) is 4.65. The van der Waals surface area contributed by atoms with Gasteiger partial charge in [-0.15, -0.1) is 11.3 Å². The SMILES string of the molecule is COCCNc1nc(-c2c(C3CCCC3)c3ccc(C(=O)O)cc3n2C)cs1. The zero-order valence-electron chi connectivity index (χ0n) is 16.2. The molecule has 7 heteroatoms. The van der Waals surface area contributed by atoms with E-state index in [0.29, 0.717) is 18.1 Å². The lowest BCUT2D eigenvalue weighted by molar-refractivity contribution is 0.0697. The van der Waals surface area contributed by atoms with E-state index < -0.39 is 5.97 Å². The summed E-state index contributed by atoms with van der Waals surface area (Å²) in [6.45, 7) is 1.35. The van der Waals surface area contributed by atoms with Crippen LogP contribution in [0.25, 0.3) is 22.3 Å². The van der Waals surface area contributed by atoms with Crippen LogP contribution in [0.2, 0.25) is 0 Å². The van der Waals surface area contributed by atoms with Gasteiger partial charge in [0.1, 0.15) is 5.69 Å². The van der Waals surface area contributed by atoms with E-state index in [1.54, 1.807) is 30.6 Å². The molecule has 0 unspecified atom stereocenters. The molecule has 2 aromatic heterocycles. The molecule has 6 nitrogen and oxygen atoms in total. The number of aromatic carboxylic acids is 1. The van der Waals surface area contributed by atoms with Crippen molar-refractivity contribution in [1.82, 2.24) is 9.55 Å². The summed E-state index contributed by atoms with van der Waals surface area (Å²) in [7, 11) is 3.70. The van der Waals surface area contributed by atoms with Gasteiger partial charge in [-0.3, -0.25) is 0 Å². The summed E-state index contributed by atoms with van der Waals surface area (Å²) in [6.07, 6.45) is 4.84. The molecular weight excluding hydrogens is 374 g/mol. The summed E-state index contributed by atoms with van der Waals surface area (Å²) >= 11 is 1.59. The minimum Gasteiger partial charge on any atom is -0.478 e. The lowest BCUT2D eigenvalue weighted by Crippen LogP contribution is -2.07. The van der Waals surface area contributed by atoms with Gasteiger partial charge in [-0.25, -0.2) is 9.78 Å². The van der Waals surface area contributed by atoms with Gasteiger partial charge in [-0.05, 0) is 36.5 Å². The Hall–Kier alpha value is -2.38. The van der Waals surface area contributed by atoms with Crippen LogP contribution < -0.4 is 5.32 Å². The Kier molecular flexibility index (Phi) is 5.37. The Labute approximate surface area is 168 Å². The Morgan fingerprint density at radius 3 is 2.89 bits per heavy atom. The number of benzene rings is 1. The largest absolute Gasteiger partial charge is 0.478 e. The molecule has 1 aromatic carbocycles. The molecule has 3 aromatic rings. The average molecular weight is 400 g/mol. The fraction of sp³-hybridized carbons (Fsp3) is 0.429. The smallest absolute Gasteiger partial charge is 0.335 e. The average Bonchev–Trinajstić information content (AvgIpc) is 3.41. The second kappa shape index (κ2) is 7.93. The number of nitrogens with zero attached hydrogens (tertiary/aromatic N) is 2. The second-order valence-electron chi connectivity index (χ2n) is 7.30. The van der Waals surface area contributed by atoms with E-state index in [1.807, 2.05) is 13.1 Å². The zero-order valence-corrected chi connectivity index (χ0v) is 17.0. The lowest BCUT2D eigenvalue weighted by Gasteiger charge is -2.12. The second-order valence-corrected chi connectivity index (χ2v) is 8.16. The van der Waals surface area contributed by atoms with Crippen molar-refractivity contribution >= 4 is 33.3 Å². The van der Waals surface area contributed by atoms with E-state index in [9.17, 15) is 9.90 Å². The van der Waals surface area contributed by atoms with Crippen LogP contribution >= 0.6 is 11.3 Å². The van der Waals surface area contributed by atoms with Crippen LogP contribution in [0, 0.1) is 0 Å². The number of aryl methyl sites for hydroxylation is 1. The fourth-order valence-corrected chi connectivity index (χ4v) is 4.98. The first-order chi connectivity index (χ1) is 13.6. The molecule has 28 heavy (non-hydrogen) atoms. The molecule has 0 bridgehead atoms. The number of thiazole rings is 1. The van der Waals surface area contributed by atoms with Crippen LogP contribution in [0.3, 0.4) is 0 Å². The molecule has 2 heterocycles. The molecule has 148 valence electrons. The van der Waals surface area contributed by atoms with Gasteiger partial charge >= 0.3 is 5.97 Å². The predicted molar refractivity (Wildman–Crippen MR) is 113 cm³/mol. The zero-order chi connectivity index (χ0) is 19.7. The van der Waals surface area contributed by atoms with Crippen LogP contribution in [-0.2, 0) is 11.8 Å². The summed E-state index contributed by atoms with van der Waals surface area (Å²) < 4.78 is 7.21. The van der Waals surface area contributed by atoms with E-state index in [2.05, 4.69) is 15.3 Å². The van der Waals surface area contributed by atoms with Gasteiger partial charge in [0.2, 0.25) is 0 Å². The van der Waals surface area contributed by atoms with E-state index in [1.165, 1.54) is 31.2 Å². The van der Waals surface area contributed by atoms with Crippen molar-refractivity contribution in [3.8, 4) is 11.4 Å². The molecular formula is C21H25N3O3S. The van der Waals surface area contributed by atoms with E-state index in [4.69, 9.17) is 9.72 Å². The topological polar surface area (TPSA) is 76.4 Å². The van der Waals surface area contributed by atoms with Gasteiger partial charge in [-0.2, -0.15) is 0 Å². The third-order valence-corrected chi connectivity index (χ3v) is 6.38. The first kappa shape index (κ1) is 19.0. The number of aromatic nitrogens is 2. The van der Waals surface area contributed by atoms with Crippen molar-refractivity contribution < 1.29 is 14.6 Å². The molecule has 0 saturated heterocycles. The number of fused-ring (bicyclic) bond motifs is 1. The standard InChI is InChI=1S/C21H25N3O3S/c1-24-17-11-14(20(25)26)7-8-15(17)18(13-5-3-4-6-13)19(24)16-12-28-21(23-16)22-9-10-27-2/h7-8,11-13H,3-6,9-10H2,1-2H3,(H,22,23)(H,25,26). The molecule has 0 amide bonds. The normalized spacial score (nSPS) is 14.8. The maximum absolute atomic E-state index is 11.5. The minimum absolute atomic E-state index is 0.317. The highest BCUT2D eigenvalue weighted by atomic mass is 32.1. The molecule has 0 aliphatic heterocycles. The number of nitrogens with one attached hydrogen (secondary N) is 1. The van der Waals surface area contributed by atoms with Gasteiger partial charge in [0.25, 0.3) is 0 Å². The van der Waals surface area contributed by atoms with Crippen LogP contribution in [0.15, 0.2) is 23.6 Å². The van der Waals surface area contributed by atoms with Crippen LogP contribution in [0.1, 0.15) is 47.5 Å². The highest BCUT2D eigenvalue weighted by molar-refractivity contribution is 7.14. The highest BCUT2D eigenvalue weighted by Crippen LogP contribution is 2.45. The third-order valence-electron chi connectivity index (χ3n) is 5.58. The lowest BCUT2D eigenvalue weighted by atomic mass is 9.93. The number of carbonyl (C=O) groups is 1.